The van der Waals surface area contributed by atoms with Gasteiger partial charge >= 0.3 is 0 Å². The van der Waals surface area contributed by atoms with E-state index in [0.29, 0.717) is 6.04 Å². The Hall–Kier alpha value is -2.38. The molecule has 1 atom stereocenters. The second kappa shape index (κ2) is 7.88. The molecule has 1 aliphatic heterocycles. The van der Waals surface area contributed by atoms with Gasteiger partial charge in [-0.05, 0) is 31.4 Å². The number of rotatable bonds is 6. The van der Waals surface area contributed by atoms with Gasteiger partial charge in [-0.1, -0.05) is 48.6 Å². The Kier molecular flexibility index (Phi) is 5.17. The zero-order chi connectivity index (χ0) is 17.8. The van der Waals surface area contributed by atoms with Crippen LogP contribution < -0.4 is 5.32 Å². The Labute approximate surface area is 157 Å². The lowest BCUT2D eigenvalue weighted by atomic mass is 10.1. The summed E-state index contributed by atoms with van der Waals surface area (Å²) in [5.41, 5.74) is 2.35. The SMILES string of the molecule is CCc1nnc(Nc2cncc([C@@H]3CCCN3Cc3ccccc3)n2)s1. The zero-order valence-corrected chi connectivity index (χ0v) is 15.6. The predicted molar refractivity (Wildman–Crippen MR) is 103 cm³/mol. The molecule has 7 heteroatoms. The van der Waals surface area contributed by atoms with Crippen molar-refractivity contribution >= 4 is 22.3 Å². The molecule has 1 saturated heterocycles. The number of hydrogen-bond donors (Lipinski definition) is 1. The highest BCUT2D eigenvalue weighted by Gasteiger charge is 2.27. The summed E-state index contributed by atoms with van der Waals surface area (Å²) in [5.74, 6) is 0.730. The molecule has 3 aromatic rings. The van der Waals surface area contributed by atoms with Crippen LogP contribution in [0, 0.1) is 0 Å². The highest BCUT2D eigenvalue weighted by Crippen LogP contribution is 2.32. The fraction of sp³-hybridized carbons (Fsp3) is 0.368. The van der Waals surface area contributed by atoms with Gasteiger partial charge in [0.1, 0.15) is 5.01 Å². The smallest absolute Gasteiger partial charge is 0.211 e. The summed E-state index contributed by atoms with van der Waals surface area (Å²) < 4.78 is 0. The predicted octanol–water partition coefficient (Wildman–Crippen LogP) is 3.97. The molecule has 1 fully saturated rings. The van der Waals surface area contributed by atoms with Crippen LogP contribution >= 0.6 is 11.3 Å². The van der Waals surface area contributed by atoms with E-state index in [2.05, 4.69) is 62.7 Å². The van der Waals surface area contributed by atoms with Crippen molar-refractivity contribution in [1.82, 2.24) is 25.1 Å². The molecule has 3 heterocycles. The highest BCUT2D eigenvalue weighted by atomic mass is 32.1. The lowest BCUT2D eigenvalue weighted by Crippen LogP contribution is -2.23. The number of nitrogens with zero attached hydrogens (tertiary/aromatic N) is 5. The number of likely N-dealkylation sites (tertiary alicyclic amines) is 1. The van der Waals surface area contributed by atoms with Crippen molar-refractivity contribution in [2.24, 2.45) is 0 Å². The first kappa shape index (κ1) is 17.1. The van der Waals surface area contributed by atoms with Gasteiger partial charge in [-0.25, -0.2) is 4.98 Å². The van der Waals surface area contributed by atoms with Crippen molar-refractivity contribution in [3.05, 3.63) is 59.0 Å². The van der Waals surface area contributed by atoms with Crippen molar-refractivity contribution < 1.29 is 0 Å². The summed E-state index contributed by atoms with van der Waals surface area (Å²) in [5, 5.41) is 13.3. The van der Waals surface area contributed by atoms with Gasteiger partial charge in [-0.2, -0.15) is 0 Å². The number of nitrogens with one attached hydrogen (secondary N) is 1. The van der Waals surface area contributed by atoms with Crippen LogP contribution in [-0.2, 0) is 13.0 Å². The summed E-state index contributed by atoms with van der Waals surface area (Å²) in [4.78, 5) is 11.7. The lowest BCUT2D eigenvalue weighted by Gasteiger charge is -2.24. The second-order valence-corrected chi connectivity index (χ2v) is 7.48. The fourth-order valence-electron chi connectivity index (χ4n) is 3.33. The maximum Gasteiger partial charge on any atom is 0.211 e. The Morgan fingerprint density at radius 1 is 1.19 bits per heavy atom. The van der Waals surface area contributed by atoms with E-state index in [0.717, 1.165) is 47.6 Å². The molecule has 1 aliphatic rings. The maximum absolute atomic E-state index is 4.80. The first-order chi connectivity index (χ1) is 12.8. The summed E-state index contributed by atoms with van der Waals surface area (Å²) in [6.07, 6.45) is 6.82. The molecule has 4 rings (SSSR count). The molecule has 0 aliphatic carbocycles. The van der Waals surface area contributed by atoms with Crippen LogP contribution in [0.4, 0.5) is 10.9 Å². The van der Waals surface area contributed by atoms with Gasteiger partial charge in [-0.15, -0.1) is 10.2 Å². The molecule has 26 heavy (non-hydrogen) atoms. The third-order valence-electron chi connectivity index (χ3n) is 4.59. The highest BCUT2D eigenvalue weighted by molar-refractivity contribution is 7.15. The van der Waals surface area contributed by atoms with Crippen molar-refractivity contribution in [2.45, 2.75) is 38.8 Å². The van der Waals surface area contributed by atoms with E-state index in [1.165, 1.54) is 12.0 Å². The Balaban J connectivity index is 1.49. The van der Waals surface area contributed by atoms with Crippen molar-refractivity contribution in [3.8, 4) is 0 Å². The van der Waals surface area contributed by atoms with Gasteiger partial charge in [0.05, 0.1) is 24.1 Å². The van der Waals surface area contributed by atoms with E-state index >= 15 is 0 Å². The van der Waals surface area contributed by atoms with Gasteiger partial charge in [0.2, 0.25) is 5.13 Å². The quantitative estimate of drug-likeness (QED) is 0.712. The Morgan fingerprint density at radius 2 is 2.08 bits per heavy atom. The minimum Gasteiger partial charge on any atom is -0.313 e. The van der Waals surface area contributed by atoms with Gasteiger partial charge in [0.15, 0.2) is 5.82 Å². The van der Waals surface area contributed by atoms with E-state index in [4.69, 9.17) is 4.98 Å². The molecule has 0 radical (unpaired) electrons. The normalized spacial score (nSPS) is 17.5. The molecule has 1 aromatic carbocycles. The minimum absolute atomic E-state index is 0.310. The average molecular weight is 366 g/mol. The number of aromatic nitrogens is 4. The first-order valence-corrected chi connectivity index (χ1v) is 9.83. The first-order valence-electron chi connectivity index (χ1n) is 9.01. The van der Waals surface area contributed by atoms with Crippen LogP contribution in [0.3, 0.4) is 0 Å². The van der Waals surface area contributed by atoms with Gasteiger partial charge < -0.3 is 5.32 Å². The van der Waals surface area contributed by atoms with Gasteiger partial charge in [0, 0.05) is 6.54 Å². The number of aryl methyl sites for hydroxylation is 1. The van der Waals surface area contributed by atoms with Crippen LogP contribution in [0.1, 0.15) is 42.1 Å². The average Bonchev–Trinajstić information content (AvgIpc) is 3.32. The van der Waals surface area contributed by atoms with Crippen molar-refractivity contribution in [1.29, 1.82) is 0 Å². The molecule has 0 spiro atoms. The topological polar surface area (TPSA) is 66.8 Å². The molecular formula is C19H22N6S. The van der Waals surface area contributed by atoms with Crippen molar-refractivity contribution in [2.75, 3.05) is 11.9 Å². The third kappa shape index (κ3) is 3.89. The molecule has 6 nitrogen and oxygen atoms in total. The van der Waals surface area contributed by atoms with E-state index in [1.807, 2.05) is 6.20 Å². The third-order valence-corrected chi connectivity index (χ3v) is 5.57. The molecule has 0 bridgehead atoms. The van der Waals surface area contributed by atoms with Crippen LogP contribution in [0.15, 0.2) is 42.7 Å². The van der Waals surface area contributed by atoms with Crippen LogP contribution in [0.5, 0.6) is 0 Å². The minimum atomic E-state index is 0.310. The summed E-state index contributed by atoms with van der Waals surface area (Å²) in [7, 11) is 0. The number of benzene rings is 1. The number of hydrogen-bond acceptors (Lipinski definition) is 7. The molecule has 0 amide bonds. The standard InChI is InChI=1S/C19H22N6S/c1-2-18-23-24-19(26-18)22-17-12-20-11-15(21-17)16-9-6-10-25(16)13-14-7-4-3-5-8-14/h3-5,7-8,11-12,16H,2,6,9-10,13H2,1H3,(H,21,22,24)/t16-/m0/s1. The summed E-state index contributed by atoms with van der Waals surface area (Å²) >= 11 is 1.56. The zero-order valence-electron chi connectivity index (χ0n) is 14.8. The monoisotopic (exact) mass is 366 g/mol. The molecule has 2 aromatic heterocycles. The van der Waals surface area contributed by atoms with E-state index < -0.39 is 0 Å². The van der Waals surface area contributed by atoms with Crippen LogP contribution in [0.2, 0.25) is 0 Å². The van der Waals surface area contributed by atoms with Crippen molar-refractivity contribution in [3.63, 3.8) is 0 Å². The van der Waals surface area contributed by atoms with E-state index in [1.54, 1.807) is 17.5 Å². The van der Waals surface area contributed by atoms with Gasteiger partial charge in [-0.3, -0.25) is 9.88 Å². The molecule has 134 valence electrons. The van der Waals surface area contributed by atoms with Gasteiger partial charge in [0.25, 0.3) is 0 Å². The molecule has 0 unspecified atom stereocenters. The maximum atomic E-state index is 4.80. The molecular weight excluding hydrogens is 344 g/mol. The molecule has 1 N–H and O–H groups in total. The largest absolute Gasteiger partial charge is 0.313 e. The number of anilines is 2. The van der Waals surface area contributed by atoms with Crippen LogP contribution in [-0.4, -0.2) is 31.6 Å². The Morgan fingerprint density at radius 3 is 2.88 bits per heavy atom. The summed E-state index contributed by atoms with van der Waals surface area (Å²) in [6.45, 7) is 4.11. The lowest BCUT2D eigenvalue weighted by molar-refractivity contribution is 0.244. The fourth-order valence-corrected chi connectivity index (χ4v) is 4.01. The second-order valence-electron chi connectivity index (χ2n) is 6.42. The molecule has 0 saturated carbocycles. The van der Waals surface area contributed by atoms with Crippen LogP contribution in [0.25, 0.3) is 0 Å². The summed E-state index contributed by atoms with van der Waals surface area (Å²) in [6, 6.07) is 10.9. The van der Waals surface area contributed by atoms with E-state index in [9.17, 15) is 0 Å². The van der Waals surface area contributed by atoms with E-state index in [-0.39, 0.29) is 0 Å². The Bertz CT molecular complexity index is 850.